The van der Waals surface area contributed by atoms with Gasteiger partial charge < -0.3 is 19.0 Å². The first kappa shape index (κ1) is 29.4. The third-order valence-electron chi connectivity index (χ3n) is 5.16. The van der Waals surface area contributed by atoms with Crippen LogP contribution in [0.2, 0.25) is 0 Å². The van der Waals surface area contributed by atoms with Crippen molar-refractivity contribution >= 4 is 37.6 Å². The van der Waals surface area contributed by atoms with E-state index in [1.807, 2.05) is 13.8 Å². The molecule has 0 aliphatic carbocycles. The number of nitrogens with one attached hydrogen (secondary N) is 2. The molecule has 0 aliphatic rings. The third-order valence-corrected chi connectivity index (χ3v) is 7.62. The monoisotopic (exact) mass is 540 g/mol. The minimum Gasteiger partial charge on any atom is -0.382 e. The minimum absolute atomic E-state index is 0.00870. The standard InChI is InChI=1S/C25H36N2O7S2/c1-3-5-7-11-18-35(29,30)33-22-15-13-14-21(20-22)26-25(28)27-23-16-9-10-17-24(23)34-36(31,32)19-12-8-6-4-2/h9-10,13-17,20H,3-8,11-12,18-19H2,1-2H3,(H2,26,27,28). The summed E-state index contributed by atoms with van der Waals surface area (Å²) in [6, 6.07) is 11.6. The van der Waals surface area contributed by atoms with Gasteiger partial charge in [0.2, 0.25) is 0 Å². The van der Waals surface area contributed by atoms with Crippen LogP contribution in [0.5, 0.6) is 11.5 Å². The summed E-state index contributed by atoms with van der Waals surface area (Å²) >= 11 is 0. The van der Waals surface area contributed by atoms with Gasteiger partial charge in [-0.1, -0.05) is 70.6 Å². The Labute approximate surface area is 214 Å². The van der Waals surface area contributed by atoms with E-state index in [2.05, 4.69) is 10.6 Å². The first-order valence-corrected chi connectivity index (χ1v) is 15.4. The lowest BCUT2D eigenvalue weighted by molar-refractivity contribution is 0.262. The van der Waals surface area contributed by atoms with Crippen LogP contribution in [0, 0.1) is 0 Å². The molecule has 36 heavy (non-hydrogen) atoms. The molecule has 2 amide bonds. The van der Waals surface area contributed by atoms with Crippen molar-refractivity contribution in [2.24, 2.45) is 0 Å². The largest absolute Gasteiger partial charge is 0.382 e. The maximum atomic E-state index is 12.6. The Morgan fingerprint density at radius 2 is 1.33 bits per heavy atom. The second-order valence-corrected chi connectivity index (χ2v) is 11.8. The number of hydrogen-bond donors (Lipinski definition) is 2. The number of unbranched alkanes of at least 4 members (excludes halogenated alkanes) is 6. The Balaban J connectivity index is 1.98. The lowest BCUT2D eigenvalue weighted by Crippen LogP contribution is -2.21. The molecule has 0 aromatic heterocycles. The molecule has 0 fully saturated rings. The molecule has 0 saturated heterocycles. The molecular formula is C25H36N2O7S2. The first-order chi connectivity index (χ1) is 17.1. The van der Waals surface area contributed by atoms with Gasteiger partial charge in [0.25, 0.3) is 0 Å². The molecule has 2 rings (SSSR count). The van der Waals surface area contributed by atoms with Crippen molar-refractivity contribution in [2.75, 3.05) is 22.1 Å². The zero-order valence-electron chi connectivity index (χ0n) is 20.9. The van der Waals surface area contributed by atoms with Gasteiger partial charge >= 0.3 is 26.3 Å². The fourth-order valence-corrected chi connectivity index (χ4v) is 5.43. The molecule has 0 saturated carbocycles. The van der Waals surface area contributed by atoms with Crippen LogP contribution in [-0.2, 0) is 20.2 Å². The molecule has 200 valence electrons. The van der Waals surface area contributed by atoms with E-state index in [0.717, 1.165) is 38.5 Å². The molecule has 2 aromatic rings. The molecule has 0 spiro atoms. The number of para-hydroxylation sites is 2. The highest BCUT2D eigenvalue weighted by molar-refractivity contribution is 7.87. The summed E-state index contributed by atoms with van der Waals surface area (Å²) in [5.41, 5.74) is 0.474. The molecule has 11 heteroatoms. The predicted molar refractivity (Wildman–Crippen MR) is 143 cm³/mol. The molecule has 2 aromatic carbocycles. The molecular weight excluding hydrogens is 504 g/mol. The average Bonchev–Trinajstić information content (AvgIpc) is 2.81. The Kier molecular flexibility index (Phi) is 12.0. The summed E-state index contributed by atoms with van der Waals surface area (Å²) in [5, 5.41) is 5.15. The van der Waals surface area contributed by atoms with Gasteiger partial charge in [0, 0.05) is 11.8 Å². The van der Waals surface area contributed by atoms with Gasteiger partial charge in [0.05, 0.1) is 17.2 Å². The van der Waals surface area contributed by atoms with E-state index in [-0.39, 0.29) is 28.7 Å². The van der Waals surface area contributed by atoms with Crippen LogP contribution in [0.25, 0.3) is 0 Å². The number of hydrogen-bond acceptors (Lipinski definition) is 7. The summed E-state index contributed by atoms with van der Waals surface area (Å²) in [7, 11) is -7.55. The molecule has 0 atom stereocenters. The van der Waals surface area contributed by atoms with Gasteiger partial charge in [-0.2, -0.15) is 16.8 Å². The SMILES string of the molecule is CCCCCCS(=O)(=O)Oc1cccc(NC(=O)Nc2ccccc2OS(=O)(=O)CCCCCC)c1. The van der Waals surface area contributed by atoms with E-state index >= 15 is 0 Å². The van der Waals surface area contributed by atoms with Crippen LogP contribution in [0.4, 0.5) is 16.2 Å². The second kappa shape index (κ2) is 14.7. The first-order valence-electron chi connectivity index (χ1n) is 12.3. The maximum absolute atomic E-state index is 12.6. The number of carbonyl (C=O) groups excluding carboxylic acids is 1. The van der Waals surface area contributed by atoms with Gasteiger partial charge in [0.15, 0.2) is 5.75 Å². The molecule has 0 aliphatic heterocycles. The molecule has 0 radical (unpaired) electrons. The minimum atomic E-state index is -3.81. The highest BCUT2D eigenvalue weighted by atomic mass is 32.2. The Morgan fingerprint density at radius 1 is 0.722 bits per heavy atom. The van der Waals surface area contributed by atoms with Crippen LogP contribution in [0.1, 0.15) is 65.2 Å². The van der Waals surface area contributed by atoms with Crippen molar-refractivity contribution < 1.29 is 30.0 Å². The highest BCUT2D eigenvalue weighted by Gasteiger charge is 2.17. The fourth-order valence-electron chi connectivity index (χ4n) is 3.33. The highest BCUT2D eigenvalue weighted by Crippen LogP contribution is 2.26. The summed E-state index contributed by atoms with van der Waals surface area (Å²) in [4.78, 5) is 12.6. The number of benzene rings is 2. The normalized spacial score (nSPS) is 11.6. The summed E-state index contributed by atoms with van der Waals surface area (Å²) in [5.74, 6) is -0.0961. The van der Waals surface area contributed by atoms with Crippen LogP contribution in [-0.4, -0.2) is 34.4 Å². The lowest BCUT2D eigenvalue weighted by atomic mass is 10.2. The van der Waals surface area contributed by atoms with Gasteiger partial charge in [-0.3, -0.25) is 0 Å². The number of anilines is 2. The number of carbonyl (C=O) groups is 1. The second-order valence-electron chi connectivity index (χ2n) is 8.41. The van der Waals surface area contributed by atoms with E-state index in [4.69, 9.17) is 8.37 Å². The quantitative estimate of drug-likeness (QED) is 0.200. The maximum Gasteiger partial charge on any atom is 0.323 e. The Bertz CT molecular complexity index is 1180. The Morgan fingerprint density at radius 3 is 1.97 bits per heavy atom. The van der Waals surface area contributed by atoms with Gasteiger partial charge in [-0.05, 0) is 37.1 Å². The van der Waals surface area contributed by atoms with Crippen molar-refractivity contribution in [3.8, 4) is 11.5 Å². The molecule has 0 unspecified atom stereocenters. The topological polar surface area (TPSA) is 128 Å². The van der Waals surface area contributed by atoms with Crippen molar-refractivity contribution in [1.82, 2.24) is 0 Å². The lowest BCUT2D eigenvalue weighted by Gasteiger charge is -2.13. The molecule has 0 bridgehead atoms. The Hall–Kier alpha value is -2.79. The van der Waals surface area contributed by atoms with Crippen LogP contribution < -0.4 is 19.0 Å². The number of rotatable bonds is 16. The van der Waals surface area contributed by atoms with E-state index in [9.17, 15) is 21.6 Å². The fraction of sp³-hybridized carbons (Fsp3) is 0.480. The summed E-state index contributed by atoms with van der Waals surface area (Å²) in [6.45, 7) is 4.08. The number of urea groups is 1. The molecule has 2 N–H and O–H groups in total. The van der Waals surface area contributed by atoms with Gasteiger partial charge in [-0.25, -0.2) is 4.79 Å². The summed E-state index contributed by atoms with van der Waals surface area (Å²) in [6.07, 6.45) is 6.53. The van der Waals surface area contributed by atoms with Gasteiger partial charge in [-0.15, -0.1) is 0 Å². The van der Waals surface area contributed by atoms with E-state index in [1.54, 1.807) is 24.3 Å². The number of amides is 2. The zero-order valence-corrected chi connectivity index (χ0v) is 22.5. The summed E-state index contributed by atoms with van der Waals surface area (Å²) < 4.78 is 59.4. The van der Waals surface area contributed by atoms with E-state index in [0.29, 0.717) is 18.5 Å². The zero-order chi connectivity index (χ0) is 26.4. The third kappa shape index (κ3) is 11.3. The van der Waals surface area contributed by atoms with Gasteiger partial charge in [0.1, 0.15) is 5.75 Å². The predicted octanol–water partition coefficient (Wildman–Crippen LogP) is 5.91. The smallest absolute Gasteiger partial charge is 0.323 e. The van der Waals surface area contributed by atoms with Crippen LogP contribution in [0.15, 0.2) is 48.5 Å². The molecule has 9 nitrogen and oxygen atoms in total. The van der Waals surface area contributed by atoms with Crippen molar-refractivity contribution in [3.05, 3.63) is 48.5 Å². The molecule has 0 heterocycles. The van der Waals surface area contributed by atoms with E-state index in [1.165, 1.54) is 24.3 Å². The van der Waals surface area contributed by atoms with Crippen molar-refractivity contribution in [2.45, 2.75) is 65.2 Å². The van der Waals surface area contributed by atoms with E-state index < -0.39 is 26.3 Å². The van der Waals surface area contributed by atoms with Crippen molar-refractivity contribution in [3.63, 3.8) is 0 Å². The van der Waals surface area contributed by atoms with Crippen LogP contribution >= 0.6 is 0 Å². The van der Waals surface area contributed by atoms with Crippen LogP contribution in [0.3, 0.4) is 0 Å². The average molecular weight is 541 g/mol. The van der Waals surface area contributed by atoms with Crippen molar-refractivity contribution in [1.29, 1.82) is 0 Å².